The Morgan fingerprint density at radius 1 is 1.08 bits per heavy atom. The number of carbonyl (C=O) groups is 1. The number of pyridine rings is 1. The van der Waals surface area contributed by atoms with E-state index in [2.05, 4.69) is 4.98 Å². The number of amides is 1. The van der Waals surface area contributed by atoms with Crippen LogP contribution in [-0.4, -0.2) is 34.2 Å². The van der Waals surface area contributed by atoms with Gasteiger partial charge in [0.25, 0.3) is 0 Å². The maximum absolute atomic E-state index is 13.5. The zero-order valence-electron chi connectivity index (χ0n) is 19.6. The third kappa shape index (κ3) is 5.36. The minimum Gasteiger partial charge on any atom is -0.438 e. The molecule has 190 valence electrons. The van der Waals surface area contributed by atoms with Crippen molar-refractivity contribution in [1.29, 1.82) is 0 Å². The SMILES string of the molecule is C[C@@H](c1ccc(-c2ccc(C(F)(F)F)cn2)cc1)N1CCC(CCCO)(c2ccc(F)cc2)OC1=O. The van der Waals surface area contributed by atoms with Gasteiger partial charge in [0.05, 0.1) is 17.3 Å². The third-order valence-electron chi connectivity index (χ3n) is 6.63. The second-order valence-electron chi connectivity index (χ2n) is 8.87. The number of alkyl halides is 3. The monoisotopic (exact) mass is 502 g/mol. The highest BCUT2D eigenvalue weighted by Gasteiger charge is 2.43. The van der Waals surface area contributed by atoms with Gasteiger partial charge in [-0.05, 0) is 55.2 Å². The molecular weight excluding hydrogens is 476 g/mol. The summed E-state index contributed by atoms with van der Waals surface area (Å²) in [6.45, 7) is 2.21. The number of aliphatic hydroxyl groups is 1. The van der Waals surface area contributed by atoms with E-state index in [-0.39, 0.29) is 18.5 Å². The van der Waals surface area contributed by atoms with Crippen LogP contribution in [0.25, 0.3) is 11.3 Å². The van der Waals surface area contributed by atoms with Gasteiger partial charge in [-0.3, -0.25) is 4.98 Å². The predicted molar refractivity (Wildman–Crippen MR) is 125 cm³/mol. The van der Waals surface area contributed by atoms with Gasteiger partial charge in [-0.2, -0.15) is 13.2 Å². The van der Waals surface area contributed by atoms with Gasteiger partial charge in [0.2, 0.25) is 0 Å². The first-order chi connectivity index (χ1) is 17.1. The second kappa shape index (κ2) is 10.3. The van der Waals surface area contributed by atoms with Crippen LogP contribution in [0.1, 0.15) is 48.9 Å². The molecular formula is C27H26F4N2O3. The molecule has 0 aliphatic carbocycles. The summed E-state index contributed by atoms with van der Waals surface area (Å²) in [6.07, 6.45) is -2.83. The summed E-state index contributed by atoms with van der Waals surface area (Å²) in [6, 6.07) is 15.0. The molecule has 0 spiro atoms. The zero-order valence-corrected chi connectivity index (χ0v) is 19.6. The van der Waals surface area contributed by atoms with Gasteiger partial charge in [0, 0.05) is 31.3 Å². The second-order valence-corrected chi connectivity index (χ2v) is 8.87. The van der Waals surface area contributed by atoms with Crippen molar-refractivity contribution in [1.82, 2.24) is 9.88 Å². The number of halogens is 4. The topological polar surface area (TPSA) is 62.7 Å². The Morgan fingerprint density at radius 3 is 2.33 bits per heavy atom. The van der Waals surface area contributed by atoms with Crippen molar-refractivity contribution < 1.29 is 32.2 Å². The molecule has 1 amide bonds. The fraction of sp³-hybridized carbons (Fsp3) is 0.333. The van der Waals surface area contributed by atoms with E-state index >= 15 is 0 Å². The smallest absolute Gasteiger partial charge is 0.417 e. The molecule has 1 N–H and O–H groups in total. The molecule has 0 bridgehead atoms. The van der Waals surface area contributed by atoms with E-state index in [0.29, 0.717) is 42.6 Å². The average molecular weight is 503 g/mol. The number of carbonyl (C=O) groups excluding carboxylic acids is 1. The number of hydrogen-bond acceptors (Lipinski definition) is 4. The van der Waals surface area contributed by atoms with Gasteiger partial charge in [-0.1, -0.05) is 36.4 Å². The molecule has 9 heteroatoms. The van der Waals surface area contributed by atoms with Crippen molar-refractivity contribution in [3.63, 3.8) is 0 Å². The van der Waals surface area contributed by atoms with E-state index < -0.39 is 23.4 Å². The lowest BCUT2D eigenvalue weighted by atomic mass is 9.84. The van der Waals surface area contributed by atoms with E-state index in [1.165, 1.54) is 18.2 Å². The number of aliphatic hydroxyl groups excluding tert-OH is 1. The molecule has 2 aromatic carbocycles. The van der Waals surface area contributed by atoms with E-state index in [1.54, 1.807) is 41.3 Å². The number of aromatic nitrogens is 1. The van der Waals surface area contributed by atoms with Gasteiger partial charge in [0.1, 0.15) is 11.4 Å². The van der Waals surface area contributed by atoms with Crippen molar-refractivity contribution >= 4 is 6.09 Å². The Morgan fingerprint density at radius 2 is 1.78 bits per heavy atom. The molecule has 1 aliphatic heterocycles. The Kier molecular flexibility index (Phi) is 7.31. The van der Waals surface area contributed by atoms with Crippen LogP contribution in [-0.2, 0) is 16.5 Å². The summed E-state index contributed by atoms with van der Waals surface area (Å²) in [5.74, 6) is -0.386. The van der Waals surface area contributed by atoms with Gasteiger partial charge >= 0.3 is 12.3 Å². The summed E-state index contributed by atoms with van der Waals surface area (Å²) >= 11 is 0. The molecule has 4 rings (SSSR count). The molecule has 36 heavy (non-hydrogen) atoms. The fourth-order valence-electron chi connectivity index (χ4n) is 4.51. The lowest BCUT2D eigenvalue weighted by Gasteiger charge is -2.43. The predicted octanol–water partition coefficient (Wildman–Crippen LogP) is 6.48. The van der Waals surface area contributed by atoms with Crippen LogP contribution in [0.2, 0.25) is 0 Å². The molecule has 1 aliphatic rings. The lowest BCUT2D eigenvalue weighted by Crippen LogP contribution is -2.48. The molecule has 1 saturated heterocycles. The van der Waals surface area contributed by atoms with Crippen LogP contribution in [0.5, 0.6) is 0 Å². The maximum atomic E-state index is 13.5. The molecule has 2 heterocycles. The molecule has 5 nitrogen and oxygen atoms in total. The van der Waals surface area contributed by atoms with Gasteiger partial charge in [-0.25, -0.2) is 9.18 Å². The summed E-state index contributed by atoms with van der Waals surface area (Å²) in [4.78, 5) is 18.6. The summed E-state index contributed by atoms with van der Waals surface area (Å²) in [5, 5.41) is 9.35. The average Bonchev–Trinajstić information content (AvgIpc) is 2.87. The van der Waals surface area contributed by atoms with Crippen molar-refractivity contribution in [2.45, 2.75) is 44.0 Å². The summed E-state index contributed by atoms with van der Waals surface area (Å²) in [5.41, 5.74) is 0.823. The number of nitrogens with zero attached hydrogens (tertiary/aromatic N) is 2. The third-order valence-corrected chi connectivity index (χ3v) is 6.63. The molecule has 1 aromatic heterocycles. The molecule has 3 aromatic rings. The van der Waals surface area contributed by atoms with E-state index in [1.807, 2.05) is 6.92 Å². The highest BCUT2D eigenvalue weighted by molar-refractivity contribution is 5.70. The Bertz CT molecular complexity index is 1180. The zero-order chi connectivity index (χ0) is 25.9. The Labute approximate surface area is 206 Å². The molecule has 1 fully saturated rings. The van der Waals surface area contributed by atoms with Crippen LogP contribution in [0.4, 0.5) is 22.4 Å². The van der Waals surface area contributed by atoms with E-state index in [0.717, 1.165) is 17.8 Å². The summed E-state index contributed by atoms with van der Waals surface area (Å²) in [7, 11) is 0. The Hall–Kier alpha value is -3.46. The van der Waals surface area contributed by atoms with Gasteiger partial charge in [-0.15, -0.1) is 0 Å². The van der Waals surface area contributed by atoms with Gasteiger partial charge in [0.15, 0.2) is 0 Å². The minimum absolute atomic E-state index is 0.0548. The highest BCUT2D eigenvalue weighted by atomic mass is 19.4. The lowest BCUT2D eigenvalue weighted by molar-refractivity contribution is -0.137. The van der Waals surface area contributed by atoms with Crippen molar-refractivity contribution in [2.75, 3.05) is 13.2 Å². The first-order valence-corrected chi connectivity index (χ1v) is 11.6. The molecule has 1 unspecified atom stereocenters. The first-order valence-electron chi connectivity index (χ1n) is 11.6. The van der Waals surface area contributed by atoms with Crippen LogP contribution in [0, 0.1) is 5.82 Å². The first kappa shape index (κ1) is 25.6. The molecule has 2 atom stereocenters. The number of hydrogen-bond donors (Lipinski definition) is 1. The largest absolute Gasteiger partial charge is 0.438 e. The van der Waals surface area contributed by atoms with E-state index in [9.17, 15) is 27.5 Å². The standard InChI is InChI=1S/C27H26F4N2O3/c1-18(19-3-5-20(6-4-19)24-12-9-22(17-32-24)27(29,30)31)33-15-14-26(13-2-16-34,36-25(33)35)21-7-10-23(28)11-8-21/h3-12,17-18,34H,2,13-16H2,1H3/t18-,26?/m0/s1. The normalized spacial score (nSPS) is 19.2. The van der Waals surface area contributed by atoms with Crippen LogP contribution in [0.15, 0.2) is 66.9 Å². The molecule has 0 radical (unpaired) electrons. The molecule has 0 saturated carbocycles. The highest BCUT2D eigenvalue weighted by Crippen LogP contribution is 2.40. The maximum Gasteiger partial charge on any atom is 0.417 e. The van der Waals surface area contributed by atoms with Crippen LogP contribution < -0.4 is 0 Å². The van der Waals surface area contributed by atoms with Crippen molar-refractivity contribution in [2.24, 2.45) is 0 Å². The quantitative estimate of drug-likeness (QED) is 0.376. The van der Waals surface area contributed by atoms with E-state index in [4.69, 9.17) is 4.74 Å². The van der Waals surface area contributed by atoms with Crippen LogP contribution in [0.3, 0.4) is 0 Å². The van der Waals surface area contributed by atoms with Crippen molar-refractivity contribution in [3.05, 3.63) is 89.4 Å². The Balaban J connectivity index is 1.49. The number of rotatable bonds is 7. The summed E-state index contributed by atoms with van der Waals surface area (Å²) < 4.78 is 57.8. The van der Waals surface area contributed by atoms with Crippen LogP contribution >= 0.6 is 0 Å². The number of cyclic esters (lactones) is 1. The van der Waals surface area contributed by atoms with Gasteiger partial charge < -0.3 is 14.7 Å². The number of ether oxygens (including phenoxy) is 1. The van der Waals surface area contributed by atoms with Crippen molar-refractivity contribution in [3.8, 4) is 11.3 Å². The minimum atomic E-state index is -4.44. The number of benzene rings is 2. The fourth-order valence-corrected chi connectivity index (χ4v) is 4.51.